The second kappa shape index (κ2) is 17.3. The maximum absolute atomic E-state index is 13.3. The van der Waals surface area contributed by atoms with E-state index in [4.69, 9.17) is 10.5 Å². The van der Waals surface area contributed by atoms with Crippen LogP contribution in [0.15, 0.2) is 140 Å². The summed E-state index contributed by atoms with van der Waals surface area (Å²) >= 11 is 0. The first kappa shape index (κ1) is 40.6. The molecule has 1 atom stereocenters. The van der Waals surface area contributed by atoms with Gasteiger partial charge in [0.1, 0.15) is 12.4 Å². The number of primary amides is 1. The van der Waals surface area contributed by atoms with Crippen LogP contribution in [0.2, 0.25) is 0 Å². The van der Waals surface area contributed by atoms with Crippen molar-refractivity contribution in [1.29, 1.82) is 0 Å². The summed E-state index contributed by atoms with van der Waals surface area (Å²) in [7, 11) is 1.17. The number of halogens is 6. The van der Waals surface area contributed by atoms with Crippen molar-refractivity contribution in [2.75, 3.05) is 7.05 Å². The maximum Gasteiger partial charge on any atom is 0.416 e. The van der Waals surface area contributed by atoms with E-state index < -0.39 is 65.3 Å². The molecule has 0 spiro atoms. The number of carboxylic acids is 1. The van der Waals surface area contributed by atoms with Crippen molar-refractivity contribution in [3.63, 3.8) is 0 Å². The van der Waals surface area contributed by atoms with Crippen molar-refractivity contribution < 1.29 is 50.6 Å². The number of nitrogens with zero attached hydrogens (tertiary/aromatic N) is 2. The second-order valence-electron chi connectivity index (χ2n) is 12.7. The third-order valence-electron chi connectivity index (χ3n) is 8.89. The molecule has 6 aromatic rings. The number of amides is 2. The normalized spacial score (nSPS) is 12.1. The topological polar surface area (TPSA) is 115 Å². The van der Waals surface area contributed by atoms with Crippen LogP contribution in [0.25, 0.3) is 10.9 Å². The Morgan fingerprint density at radius 3 is 1.73 bits per heavy atom. The number of hydrogen-bond acceptors (Lipinski definition) is 4. The van der Waals surface area contributed by atoms with Gasteiger partial charge in [-0.2, -0.15) is 26.3 Å². The summed E-state index contributed by atoms with van der Waals surface area (Å²) in [5.74, 6) is -2.43. The fraction of sp³-hybridized carbons (Fsp3) is 0.167. The fourth-order valence-corrected chi connectivity index (χ4v) is 6.19. The number of carboxylic acid groups (broad SMARTS) is 1. The summed E-state index contributed by atoms with van der Waals surface area (Å²) in [6, 6.07) is 33.5. The number of hydrogen-bond donors (Lipinski definition) is 2. The van der Waals surface area contributed by atoms with E-state index in [0.717, 1.165) is 27.1 Å². The Hall–Kier alpha value is -6.57. The zero-order valence-corrected chi connectivity index (χ0v) is 29.7. The Balaban J connectivity index is 0.000000251. The standard InChI is InChI=1S/C26H21F6NO3.C16H14N2O2/c1-33(24(36)18-12-19(25(27,28)29)14-20(13-18)26(30,31)32)21(15-22(34)35)23(16-8-4-2-5-9-16)17-10-6-3-7-11-17;17-16(19)18-9-8-13-10-14(6-7-15(13)18)20-11-12-4-2-1-3-5-12/h2-14,21,23H,15H2,1H3,(H,34,35);1-10H,11H2,(H2,17,19). The van der Waals surface area contributed by atoms with Gasteiger partial charge in [-0.3, -0.25) is 14.2 Å². The molecule has 0 saturated carbocycles. The molecule has 3 N–H and O–H groups in total. The van der Waals surface area contributed by atoms with Crippen molar-refractivity contribution in [3.8, 4) is 5.75 Å². The number of fused-ring (bicyclic) bond motifs is 1. The van der Waals surface area contributed by atoms with E-state index in [2.05, 4.69) is 0 Å². The van der Waals surface area contributed by atoms with Gasteiger partial charge in [-0.1, -0.05) is 91.0 Å². The molecule has 1 heterocycles. The summed E-state index contributed by atoms with van der Waals surface area (Å²) in [4.78, 5) is 37.2. The van der Waals surface area contributed by atoms with E-state index in [1.807, 2.05) is 54.6 Å². The molecule has 0 aliphatic carbocycles. The van der Waals surface area contributed by atoms with Crippen LogP contribution >= 0.6 is 0 Å². The fourth-order valence-electron chi connectivity index (χ4n) is 6.19. The number of ether oxygens (including phenoxy) is 1. The molecule has 8 nitrogen and oxygen atoms in total. The smallest absolute Gasteiger partial charge is 0.416 e. The van der Waals surface area contributed by atoms with Crippen molar-refractivity contribution in [3.05, 3.63) is 173 Å². The molecule has 0 aliphatic heterocycles. The lowest BCUT2D eigenvalue weighted by atomic mass is 9.82. The average Bonchev–Trinajstić information content (AvgIpc) is 3.61. The van der Waals surface area contributed by atoms with Gasteiger partial charge in [-0.15, -0.1) is 0 Å². The largest absolute Gasteiger partial charge is 0.489 e. The number of likely N-dealkylation sites (N-methyl/N-ethyl adjacent to an activating group) is 1. The third-order valence-corrected chi connectivity index (χ3v) is 8.89. The first-order chi connectivity index (χ1) is 26.5. The molecule has 1 unspecified atom stereocenters. The number of aromatic nitrogens is 1. The van der Waals surface area contributed by atoms with Crippen LogP contribution < -0.4 is 10.5 Å². The Morgan fingerprint density at radius 1 is 0.732 bits per heavy atom. The number of alkyl halides is 6. The summed E-state index contributed by atoms with van der Waals surface area (Å²) in [5.41, 5.74) is 4.31. The van der Waals surface area contributed by atoms with Crippen LogP contribution in [0.4, 0.5) is 31.1 Å². The van der Waals surface area contributed by atoms with E-state index in [9.17, 15) is 45.8 Å². The van der Waals surface area contributed by atoms with E-state index in [1.54, 1.807) is 66.9 Å². The van der Waals surface area contributed by atoms with Crippen molar-refractivity contribution in [2.45, 2.75) is 37.3 Å². The lowest BCUT2D eigenvalue weighted by molar-refractivity contribution is -0.143. The van der Waals surface area contributed by atoms with Crippen LogP contribution in [0.5, 0.6) is 5.75 Å². The summed E-state index contributed by atoms with van der Waals surface area (Å²) in [6.07, 6.45) is -9.21. The second-order valence-corrected chi connectivity index (χ2v) is 12.7. The van der Waals surface area contributed by atoms with E-state index >= 15 is 0 Å². The van der Waals surface area contributed by atoms with Crippen molar-refractivity contribution in [1.82, 2.24) is 9.47 Å². The molecule has 2 amide bonds. The van der Waals surface area contributed by atoms with Crippen molar-refractivity contribution >= 4 is 28.8 Å². The zero-order chi connectivity index (χ0) is 40.6. The SMILES string of the molecule is CN(C(=O)c1cc(C(F)(F)F)cc(C(F)(F)F)c1)C(CC(=O)O)C(c1ccccc1)c1ccccc1.NC(=O)n1ccc2cc(OCc3ccccc3)ccc21. The first-order valence-corrected chi connectivity index (χ1v) is 17.0. The Morgan fingerprint density at radius 2 is 1.25 bits per heavy atom. The number of aliphatic carboxylic acids is 1. The summed E-state index contributed by atoms with van der Waals surface area (Å²) < 4.78 is 87.2. The van der Waals surface area contributed by atoms with Crippen LogP contribution in [0.1, 0.15) is 50.5 Å². The van der Waals surface area contributed by atoms with Crippen molar-refractivity contribution in [2.24, 2.45) is 5.73 Å². The predicted octanol–water partition coefficient (Wildman–Crippen LogP) is 9.62. The molecule has 0 fully saturated rings. The van der Waals surface area contributed by atoms with E-state index in [1.165, 1.54) is 11.6 Å². The number of carbonyl (C=O) groups excluding carboxylic acids is 2. The number of carbonyl (C=O) groups is 3. The minimum Gasteiger partial charge on any atom is -0.489 e. The molecule has 6 rings (SSSR count). The molecular formula is C42H35F6N3O5. The van der Waals surface area contributed by atoms with Gasteiger partial charge in [0.25, 0.3) is 5.91 Å². The molecule has 56 heavy (non-hydrogen) atoms. The van der Waals surface area contributed by atoms with Gasteiger partial charge in [0.15, 0.2) is 0 Å². The minimum atomic E-state index is -5.13. The number of nitrogens with two attached hydrogens (primary N) is 1. The van der Waals surface area contributed by atoms with E-state index in [-0.39, 0.29) is 6.07 Å². The molecule has 0 aliphatic rings. The monoisotopic (exact) mass is 775 g/mol. The predicted molar refractivity (Wildman–Crippen MR) is 197 cm³/mol. The van der Waals surface area contributed by atoms with Crippen LogP contribution in [-0.2, 0) is 23.8 Å². The lowest BCUT2D eigenvalue weighted by Gasteiger charge is -2.35. The molecule has 1 aromatic heterocycles. The first-order valence-electron chi connectivity index (χ1n) is 17.0. The Labute approximate surface area is 317 Å². The Kier molecular flexibility index (Phi) is 12.5. The highest BCUT2D eigenvalue weighted by atomic mass is 19.4. The molecule has 14 heteroatoms. The molecule has 290 valence electrons. The number of benzene rings is 5. The molecule has 0 radical (unpaired) electrons. The summed E-state index contributed by atoms with van der Waals surface area (Å²) in [6.45, 7) is 0.517. The molecule has 5 aromatic carbocycles. The number of rotatable bonds is 10. The van der Waals surface area contributed by atoms with Gasteiger partial charge >= 0.3 is 24.4 Å². The van der Waals surface area contributed by atoms with Gasteiger partial charge in [0.05, 0.1) is 29.1 Å². The summed E-state index contributed by atoms with van der Waals surface area (Å²) in [5, 5.41) is 10.5. The highest BCUT2D eigenvalue weighted by Gasteiger charge is 2.39. The van der Waals surface area contributed by atoms with Crippen LogP contribution in [-0.4, -0.2) is 45.6 Å². The van der Waals surface area contributed by atoms with Gasteiger partial charge in [0, 0.05) is 30.1 Å². The zero-order valence-electron chi connectivity index (χ0n) is 29.7. The highest BCUT2D eigenvalue weighted by Crippen LogP contribution is 2.38. The third kappa shape index (κ3) is 10.1. The minimum absolute atomic E-state index is 0.0672. The molecule has 0 bridgehead atoms. The Bertz CT molecular complexity index is 2210. The van der Waals surface area contributed by atoms with Gasteiger partial charge in [-0.05, 0) is 59.2 Å². The van der Waals surface area contributed by atoms with Gasteiger partial charge < -0.3 is 20.5 Å². The van der Waals surface area contributed by atoms with E-state index in [0.29, 0.717) is 29.9 Å². The van der Waals surface area contributed by atoms with Gasteiger partial charge in [0.2, 0.25) is 0 Å². The molecular weight excluding hydrogens is 740 g/mol. The lowest BCUT2D eigenvalue weighted by Crippen LogP contribution is -2.43. The highest BCUT2D eigenvalue weighted by molar-refractivity contribution is 5.95. The maximum atomic E-state index is 13.3. The van der Waals surface area contributed by atoms with Crippen LogP contribution in [0.3, 0.4) is 0 Å². The van der Waals surface area contributed by atoms with Crippen LogP contribution in [0, 0.1) is 0 Å². The average molecular weight is 776 g/mol. The molecule has 0 saturated heterocycles. The van der Waals surface area contributed by atoms with Gasteiger partial charge in [-0.25, -0.2) is 4.79 Å². The quantitative estimate of drug-likeness (QED) is 0.135.